The van der Waals surface area contributed by atoms with Gasteiger partial charge in [0.15, 0.2) is 5.65 Å². The van der Waals surface area contributed by atoms with Crippen LogP contribution in [0.25, 0.3) is 16.7 Å². The molecule has 0 atom stereocenters. The SMILES string of the molecule is Cc1nnc2cc(C(=O)n3cnc4c(N)cccc43)ccn12. The van der Waals surface area contributed by atoms with Gasteiger partial charge in [0.1, 0.15) is 17.7 Å². The number of carbonyl (C=O) groups is 1. The van der Waals surface area contributed by atoms with Crippen LogP contribution in [0.2, 0.25) is 0 Å². The number of aromatic nitrogens is 5. The van der Waals surface area contributed by atoms with Crippen LogP contribution in [-0.2, 0) is 0 Å². The van der Waals surface area contributed by atoms with E-state index in [0.29, 0.717) is 27.9 Å². The Kier molecular flexibility index (Phi) is 2.50. The first kappa shape index (κ1) is 12.5. The van der Waals surface area contributed by atoms with Crippen LogP contribution < -0.4 is 5.73 Å². The normalized spacial score (nSPS) is 11.3. The molecule has 0 aliphatic rings. The maximum absolute atomic E-state index is 12.7. The molecular weight excluding hydrogens is 280 g/mol. The summed E-state index contributed by atoms with van der Waals surface area (Å²) in [6.07, 6.45) is 3.27. The number of pyridine rings is 1. The van der Waals surface area contributed by atoms with Gasteiger partial charge < -0.3 is 5.73 Å². The van der Waals surface area contributed by atoms with Gasteiger partial charge in [-0.25, -0.2) is 4.98 Å². The number of carbonyl (C=O) groups excluding carboxylic acids is 1. The number of para-hydroxylation sites is 1. The molecule has 3 heterocycles. The highest BCUT2D eigenvalue weighted by atomic mass is 16.2. The van der Waals surface area contributed by atoms with E-state index in [9.17, 15) is 4.79 Å². The lowest BCUT2D eigenvalue weighted by Crippen LogP contribution is -2.11. The number of rotatable bonds is 1. The van der Waals surface area contributed by atoms with Crippen molar-refractivity contribution in [2.24, 2.45) is 0 Å². The zero-order valence-corrected chi connectivity index (χ0v) is 11.8. The molecule has 0 spiro atoms. The number of hydrogen-bond acceptors (Lipinski definition) is 5. The molecule has 4 aromatic rings. The van der Waals surface area contributed by atoms with Crippen LogP contribution in [-0.4, -0.2) is 30.1 Å². The summed E-state index contributed by atoms with van der Waals surface area (Å²) < 4.78 is 3.31. The van der Waals surface area contributed by atoms with E-state index in [1.807, 2.05) is 17.4 Å². The topological polar surface area (TPSA) is 91.1 Å². The predicted octanol–water partition coefficient (Wildman–Crippen LogP) is 1.66. The van der Waals surface area contributed by atoms with Crippen molar-refractivity contribution in [2.45, 2.75) is 6.92 Å². The number of nitrogen functional groups attached to an aromatic ring is 1. The molecule has 7 heteroatoms. The molecule has 2 N–H and O–H groups in total. The van der Waals surface area contributed by atoms with Gasteiger partial charge in [-0.3, -0.25) is 13.8 Å². The third-order valence-corrected chi connectivity index (χ3v) is 3.65. The minimum absolute atomic E-state index is 0.184. The number of hydrogen-bond donors (Lipinski definition) is 1. The molecule has 0 unspecified atom stereocenters. The fourth-order valence-corrected chi connectivity index (χ4v) is 2.51. The minimum Gasteiger partial charge on any atom is -0.397 e. The summed E-state index contributed by atoms with van der Waals surface area (Å²) in [6.45, 7) is 1.85. The Bertz CT molecular complexity index is 1030. The Morgan fingerprint density at radius 3 is 2.95 bits per heavy atom. The number of nitrogens with zero attached hydrogens (tertiary/aromatic N) is 5. The summed E-state index contributed by atoms with van der Waals surface area (Å²) in [5.74, 6) is 0.589. The van der Waals surface area contributed by atoms with Crippen molar-refractivity contribution < 1.29 is 4.79 Å². The molecule has 1 aromatic carbocycles. The second-order valence-corrected chi connectivity index (χ2v) is 5.03. The van der Waals surface area contributed by atoms with Crippen LogP contribution in [0.15, 0.2) is 42.9 Å². The maximum Gasteiger partial charge on any atom is 0.263 e. The van der Waals surface area contributed by atoms with Crippen molar-refractivity contribution in [1.82, 2.24) is 24.1 Å². The van der Waals surface area contributed by atoms with Gasteiger partial charge in [0.25, 0.3) is 5.91 Å². The fourth-order valence-electron chi connectivity index (χ4n) is 2.51. The smallest absolute Gasteiger partial charge is 0.263 e. The maximum atomic E-state index is 12.7. The molecule has 0 saturated carbocycles. The first-order valence-electron chi connectivity index (χ1n) is 6.73. The van der Waals surface area contributed by atoms with E-state index in [-0.39, 0.29) is 5.91 Å². The van der Waals surface area contributed by atoms with E-state index in [2.05, 4.69) is 15.2 Å². The van der Waals surface area contributed by atoms with Gasteiger partial charge in [0.05, 0.1) is 11.2 Å². The summed E-state index contributed by atoms with van der Waals surface area (Å²) >= 11 is 0. The zero-order valence-electron chi connectivity index (χ0n) is 11.8. The molecule has 0 aliphatic heterocycles. The first-order chi connectivity index (χ1) is 10.6. The third-order valence-electron chi connectivity index (χ3n) is 3.65. The van der Waals surface area contributed by atoms with E-state index in [0.717, 1.165) is 5.82 Å². The number of anilines is 1. The molecular formula is C15H12N6O. The summed E-state index contributed by atoms with van der Waals surface area (Å²) in [5.41, 5.74) is 8.88. The van der Waals surface area contributed by atoms with Crippen molar-refractivity contribution in [3.63, 3.8) is 0 Å². The Morgan fingerprint density at radius 1 is 1.23 bits per heavy atom. The number of nitrogens with two attached hydrogens (primary N) is 1. The molecule has 0 fully saturated rings. The highest BCUT2D eigenvalue weighted by molar-refractivity contribution is 6.03. The summed E-state index contributed by atoms with van der Waals surface area (Å²) in [6, 6.07) is 8.82. The van der Waals surface area contributed by atoms with Crippen LogP contribution >= 0.6 is 0 Å². The first-order valence-corrected chi connectivity index (χ1v) is 6.73. The van der Waals surface area contributed by atoms with Crippen molar-refractivity contribution >= 4 is 28.3 Å². The largest absolute Gasteiger partial charge is 0.397 e. The van der Waals surface area contributed by atoms with E-state index >= 15 is 0 Å². The Balaban J connectivity index is 1.86. The quantitative estimate of drug-likeness (QED) is 0.539. The van der Waals surface area contributed by atoms with Gasteiger partial charge in [-0.2, -0.15) is 0 Å². The van der Waals surface area contributed by atoms with Crippen molar-refractivity contribution in [3.8, 4) is 0 Å². The Morgan fingerprint density at radius 2 is 2.09 bits per heavy atom. The number of fused-ring (bicyclic) bond motifs is 2. The average Bonchev–Trinajstić information content (AvgIpc) is 3.11. The van der Waals surface area contributed by atoms with E-state index in [4.69, 9.17) is 5.73 Å². The number of imidazole rings is 1. The third kappa shape index (κ3) is 1.69. The van der Waals surface area contributed by atoms with Gasteiger partial charge in [-0.1, -0.05) is 6.07 Å². The van der Waals surface area contributed by atoms with E-state index in [1.165, 1.54) is 10.9 Å². The molecule has 0 amide bonds. The van der Waals surface area contributed by atoms with E-state index < -0.39 is 0 Å². The summed E-state index contributed by atoms with van der Waals surface area (Å²) in [7, 11) is 0. The second kappa shape index (κ2) is 4.39. The fraction of sp³-hybridized carbons (Fsp3) is 0.0667. The zero-order chi connectivity index (χ0) is 15.3. The van der Waals surface area contributed by atoms with Crippen molar-refractivity contribution in [3.05, 3.63) is 54.2 Å². The molecule has 3 aromatic heterocycles. The van der Waals surface area contributed by atoms with Crippen LogP contribution in [0.5, 0.6) is 0 Å². The van der Waals surface area contributed by atoms with Crippen LogP contribution in [0.1, 0.15) is 16.2 Å². The van der Waals surface area contributed by atoms with Crippen LogP contribution in [0, 0.1) is 6.92 Å². The van der Waals surface area contributed by atoms with Gasteiger partial charge in [0.2, 0.25) is 0 Å². The summed E-state index contributed by atoms with van der Waals surface area (Å²) in [4.78, 5) is 16.9. The Labute approximate surface area is 125 Å². The van der Waals surface area contributed by atoms with Gasteiger partial charge in [-0.05, 0) is 31.2 Å². The number of benzene rings is 1. The second-order valence-electron chi connectivity index (χ2n) is 5.03. The molecule has 7 nitrogen and oxygen atoms in total. The van der Waals surface area contributed by atoms with Crippen LogP contribution in [0.4, 0.5) is 5.69 Å². The Hall–Kier alpha value is -3.22. The molecule has 22 heavy (non-hydrogen) atoms. The lowest BCUT2D eigenvalue weighted by molar-refractivity contribution is 0.0964. The summed E-state index contributed by atoms with van der Waals surface area (Å²) in [5, 5.41) is 8.02. The van der Waals surface area contributed by atoms with Crippen molar-refractivity contribution in [1.29, 1.82) is 0 Å². The molecule has 108 valence electrons. The molecule has 0 aliphatic carbocycles. The van der Waals surface area contributed by atoms with E-state index in [1.54, 1.807) is 30.5 Å². The number of aryl methyl sites for hydroxylation is 1. The monoisotopic (exact) mass is 292 g/mol. The molecule has 0 bridgehead atoms. The molecule has 4 rings (SSSR count). The minimum atomic E-state index is -0.184. The highest BCUT2D eigenvalue weighted by Crippen LogP contribution is 2.20. The van der Waals surface area contributed by atoms with Gasteiger partial charge in [-0.15, -0.1) is 10.2 Å². The van der Waals surface area contributed by atoms with Gasteiger partial charge in [0, 0.05) is 11.8 Å². The lowest BCUT2D eigenvalue weighted by Gasteiger charge is -2.04. The van der Waals surface area contributed by atoms with Gasteiger partial charge >= 0.3 is 0 Å². The standard InChI is InChI=1S/C15H12N6O/c1-9-18-19-13-7-10(5-6-20(9)13)15(22)21-8-17-14-11(16)3-2-4-12(14)21/h2-8H,16H2,1H3. The highest BCUT2D eigenvalue weighted by Gasteiger charge is 2.14. The average molecular weight is 292 g/mol. The predicted molar refractivity (Wildman–Crippen MR) is 81.6 cm³/mol. The molecule has 0 radical (unpaired) electrons. The lowest BCUT2D eigenvalue weighted by atomic mass is 10.2. The van der Waals surface area contributed by atoms with Crippen LogP contribution in [0.3, 0.4) is 0 Å². The van der Waals surface area contributed by atoms with Crippen molar-refractivity contribution in [2.75, 3.05) is 5.73 Å². The molecule has 0 saturated heterocycles.